The lowest BCUT2D eigenvalue weighted by Gasteiger charge is -2.22. The van der Waals surface area contributed by atoms with Gasteiger partial charge in [0.1, 0.15) is 6.61 Å². The molecule has 0 N–H and O–H groups in total. The molecule has 0 aromatic carbocycles. The third-order valence-electron chi connectivity index (χ3n) is 1.44. The Morgan fingerprint density at radius 2 is 1.62 bits per heavy atom. The first kappa shape index (κ1) is 12.8. The fourth-order valence-electron chi connectivity index (χ4n) is 0.637. The zero-order valence-electron chi connectivity index (χ0n) is 8.24. The highest BCUT2D eigenvalue weighted by Gasteiger charge is 2.39. The molecule has 5 nitrogen and oxygen atoms in total. The standard InChI is InChI=1S/C7H16O5Si/c1-5-6-11-12-7-13(8-2,9-3)10-4/h5H,1,6-7H2,2-4H3. The van der Waals surface area contributed by atoms with Gasteiger partial charge in [0.15, 0.2) is 6.23 Å². The Morgan fingerprint density at radius 3 is 2.00 bits per heavy atom. The minimum absolute atomic E-state index is 0.157. The Balaban J connectivity index is 3.74. The van der Waals surface area contributed by atoms with Crippen LogP contribution in [0.1, 0.15) is 0 Å². The predicted octanol–water partition coefficient (Wildman–Crippen LogP) is 0.538. The first-order chi connectivity index (χ1) is 6.24. The van der Waals surface area contributed by atoms with Gasteiger partial charge in [-0.3, -0.25) is 0 Å². The molecule has 0 spiro atoms. The van der Waals surface area contributed by atoms with Gasteiger partial charge in [-0.25, -0.2) is 9.78 Å². The Bertz CT molecular complexity index is 129. The maximum Gasteiger partial charge on any atom is 0.530 e. The zero-order chi connectivity index (χ0) is 10.2. The molecule has 13 heavy (non-hydrogen) atoms. The summed E-state index contributed by atoms with van der Waals surface area (Å²) < 4.78 is 15.2. The first-order valence-corrected chi connectivity index (χ1v) is 5.68. The van der Waals surface area contributed by atoms with Crippen molar-refractivity contribution in [2.24, 2.45) is 0 Å². The lowest BCUT2D eigenvalue weighted by atomic mass is 10.7. The van der Waals surface area contributed by atoms with Gasteiger partial charge in [-0.1, -0.05) is 6.08 Å². The van der Waals surface area contributed by atoms with E-state index in [2.05, 4.69) is 6.58 Å². The summed E-state index contributed by atoms with van der Waals surface area (Å²) >= 11 is 0. The molecule has 78 valence electrons. The van der Waals surface area contributed by atoms with E-state index < -0.39 is 8.80 Å². The van der Waals surface area contributed by atoms with Gasteiger partial charge in [-0.2, -0.15) is 0 Å². The van der Waals surface area contributed by atoms with Crippen LogP contribution in [0.2, 0.25) is 0 Å². The van der Waals surface area contributed by atoms with E-state index in [1.54, 1.807) is 6.08 Å². The normalized spacial score (nSPS) is 11.6. The fourth-order valence-corrected chi connectivity index (χ4v) is 1.72. The Kier molecular flexibility index (Phi) is 7.05. The van der Waals surface area contributed by atoms with Crippen molar-refractivity contribution in [3.05, 3.63) is 12.7 Å². The highest BCUT2D eigenvalue weighted by Crippen LogP contribution is 2.06. The van der Waals surface area contributed by atoms with Crippen LogP contribution in [0.15, 0.2) is 12.7 Å². The third kappa shape index (κ3) is 4.51. The van der Waals surface area contributed by atoms with Gasteiger partial charge >= 0.3 is 8.80 Å². The summed E-state index contributed by atoms with van der Waals surface area (Å²) in [4.78, 5) is 9.55. The quantitative estimate of drug-likeness (QED) is 0.191. The van der Waals surface area contributed by atoms with E-state index in [9.17, 15) is 0 Å². The molecule has 0 aliphatic carbocycles. The molecule has 0 rings (SSSR count). The summed E-state index contributed by atoms with van der Waals surface area (Å²) in [6.07, 6.45) is 1.74. The smallest absolute Gasteiger partial charge is 0.375 e. The van der Waals surface area contributed by atoms with Crippen LogP contribution in [-0.2, 0) is 23.1 Å². The van der Waals surface area contributed by atoms with Gasteiger partial charge in [0.05, 0.1) is 0 Å². The fraction of sp³-hybridized carbons (Fsp3) is 0.714. The molecule has 0 aromatic heterocycles. The molecule has 0 saturated carbocycles. The lowest BCUT2D eigenvalue weighted by molar-refractivity contribution is -0.280. The highest BCUT2D eigenvalue weighted by molar-refractivity contribution is 6.60. The minimum atomic E-state index is -2.65. The average Bonchev–Trinajstić information content (AvgIpc) is 2.20. The van der Waals surface area contributed by atoms with Gasteiger partial charge in [0.25, 0.3) is 0 Å². The molecule has 0 radical (unpaired) electrons. The van der Waals surface area contributed by atoms with Crippen molar-refractivity contribution in [3.8, 4) is 0 Å². The molecule has 0 unspecified atom stereocenters. The predicted molar refractivity (Wildman–Crippen MR) is 48.9 cm³/mol. The number of rotatable bonds is 8. The SMILES string of the molecule is C=CCOOC[Si](OC)(OC)OC. The van der Waals surface area contributed by atoms with Crippen LogP contribution >= 0.6 is 0 Å². The molecule has 0 heterocycles. The van der Waals surface area contributed by atoms with Gasteiger partial charge in [0.2, 0.25) is 0 Å². The summed E-state index contributed by atoms with van der Waals surface area (Å²) in [6, 6.07) is 0. The maximum absolute atomic E-state index is 5.08. The molecule has 0 aliphatic rings. The van der Waals surface area contributed by atoms with Crippen LogP contribution in [0.4, 0.5) is 0 Å². The Labute approximate surface area is 79.5 Å². The topological polar surface area (TPSA) is 46.2 Å². The highest BCUT2D eigenvalue weighted by atomic mass is 28.4. The first-order valence-electron chi connectivity index (χ1n) is 3.75. The molecular weight excluding hydrogens is 192 g/mol. The Hall–Kier alpha value is -0.243. The van der Waals surface area contributed by atoms with Crippen molar-refractivity contribution in [2.45, 2.75) is 0 Å². The average molecular weight is 208 g/mol. The van der Waals surface area contributed by atoms with Crippen LogP contribution < -0.4 is 0 Å². The van der Waals surface area contributed by atoms with Crippen molar-refractivity contribution >= 4 is 8.80 Å². The summed E-state index contributed by atoms with van der Waals surface area (Å²) in [6.45, 7) is 3.79. The second-order valence-corrected chi connectivity index (χ2v) is 5.01. The van der Waals surface area contributed by atoms with Crippen LogP contribution in [-0.4, -0.2) is 43.0 Å². The van der Waals surface area contributed by atoms with Crippen LogP contribution in [0.3, 0.4) is 0 Å². The van der Waals surface area contributed by atoms with Gasteiger partial charge < -0.3 is 13.3 Å². The van der Waals surface area contributed by atoms with E-state index >= 15 is 0 Å². The molecule has 0 atom stereocenters. The van der Waals surface area contributed by atoms with Crippen molar-refractivity contribution < 1.29 is 23.1 Å². The Morgan fingerprint density at radius 1 is 1.08 bits per heavy atom. The second-order valence-electron chi connectivity index (χ2n) is 2.13. The summed E-state index contributed by atoms with van der Waals surface area (Å²) in [7, 11) is 1.88. The van der Waals surface area contributed by atoms with Gasteiger partial charge in [-0.05, 0) is 0 Å². The monoisotopic (exact) mass is 208 g/mol. The van der Waals surface area contributed by atoms with E-state index in [1.807, 2.05) is 0 Å². The van der Waals surface area contributed by atoms with Crippen molar-refractivity contribution in [2.75, 3.05) is 34.2 Å². The lowest BCUT2D eigenvalue weighted by Crippen LogP contribution is -2.48. The molecule has 6 heteroatoms. The second kappa shape index (κ2) is 7.19. The van der Waals surface area contributed by atoms with Gasteiger partial charge in [-0.15, -0.1) is 6.58 Å². The van der Waals surface area contributed by atoms with E-state index in [0.717, 1.165) is 0 Å². The van der Waals surface area contributed by atoms with Crippen molar-refractivity contribution in [3.63, 3.8) is 0 Å². The molecule has 0 fully saturated rings. The van der Waals surface area contributed by atoms with E-state index in [-0.39, 0.29) is 6.23 Å². The summed E-state index contributed by atoms with van der Waals surface area (Å²) in [5.41, 5.74) is 0. The van der Waals surface area contributed by atoms with Gasteiger partial charge in [0, 0.05) is 21.3 Å². The molecule has 0 saturated heterocycles. The molecule has 0 aromatic rings. The van der Waals surface area contributed by atoms with Crippen LogP contribution in [0.25, 0.3) is 0 Å². The van der Waals surface area contributed by atoms with E-state index in [4.69, 9.17) is 23.1 Å². The van der Waals surface area contributed by atoms with Crippen molar-refractivity contribution in [1.29, 1.82) is 0 Å². The molecular formula is C7H16O5Si. The molecule has 0 bridgehead atoms. The minimum Gasteiger partial charge on any atom is -0.375 e. The van der Waals surface area contributed by atoms with E-state index in [1.165, 1.54) is 21.3 Å². The zero-order valence-corrected chi connectivity index (χ0v) is 9.24. The molecule has 0 amide bonds. The molecule has 0 aliphatic heterocycles. The third-order valence-corrected chi connectivity index (χ3v) is 3.78. The number of hydrogen-bond donors (Lipinski definition) is 0. The maximum atomic E-state index is 5.08. The van der Waals surface area contributed by atoms with Crippen molar-refractivity contribution in [1.82, 2.24) is 0 Å². The number of hydrogen-bond acceptors (Lipinski definition) is 5. The van der Waals surface area contributed by atoms with Crippen LogP contribution in [0.5, 0.6) is 0 Å². The largest absolute Gasteiger partial charge is 0.530 e. The summed E-state index contributed by atoms with van der Waals surface area (Å²) in [5.74, 6) is 0. The summed E-state index contributed by atoms with van der Waals surface area (Å²) in [5, 5.41) is 0. The van der Waals surface area contributed by atoms with Crippen LogP contribution in [0, 0.1) is 0 Å². The van der Waals surface area contributed by atoms with E-state index in [0.29, 0.717) is 6.61 Å².